The lowest BCUT2D eigenvalue weighted by atomic mass is 10.4. The van der Waals surface area contributed by atoms with Gasteiger partial charge in [-0.25, -0.2) is 0 Å². The van der Waals surface area contributed by atoms with Crippen LogP contribution in [0.25, 0.3) is 0 Å². The molecule has 0 aliphatic carbocycles. The van der Waals surface area contributed by atoms with Gasteiger partial charge in [-0.3, -0.25) is 0 Å². The van der Waals surface area contributed by atoms with Gasteiger partial charge in [0.1, 0.15) is 5.41 Å². The molecule has 0 aliphatic rings. The zero-order valence-corrected chi connectivity index (χ0v) is 11.6. The van der Waals surface area contributed by atoms with Crippen LogP contribution in [0.5, 0.6) is 0 Å². The van der Waals surface area contributed by atoms with Crippen LogP contribution in [0.4, 0.5) is 0 Å². The Kier molecular flexibility index (Phi) is 6.58. The number of nitrogens with zero attached hydrogens (tertiary/aromatic N) is 1. The minimum Gasteiger partial charge on any atom is -0.355 e. The summed E-state index contributed by atoms with van der Waals surface area (Å²) >= 11 is 0. The standard InChI is InChI=1S/C9H23NO2Si/c1-5-11-9(13,12-6-2)7-8-10(3)4/h5-8H2,1-4,13H3. The summed E-state index contributed by atoms with van der Waals surface area (Å²) in [7, 11) is 5.06. The maximum atomic E-state index is 5.63. The molecule has 0 aromatic heterocycles. The van der Waals surface area contributed by atoms with Crippen molar-refractivity contribution >= 4 is 10.2 Å². The molecule has 0 saturated carbocycles. The van der Waals surface area contributed by atoms with E-state index < -0.39 is 0 Å². The van der Waals surface area contributed by atoms with Crippen LogP contribution in [-0.4, -0.2) is 54.4 Å². The maximum Gasteiger partial charge on any atom is 0.142 e. The summed E-state index contributed by atoms with van der Waals surface area (Å²) in [4.78, 5) is 2.16. The quantitative estimate of drug-likeness (QED) is 0.432. The minimum atomic E-state index is -0.270. The van der Waals surface area contributed by atoms with E-state index in [4.69, 9.17) is 9.47 Å². The third kappa shape index (κ3) is 6.21. The van der Waals surface area contributed by atoms with Crippen molar-refractivity contribution in [2.24, 2.45) is 0 Å². The normalized spacial score (nSPS) is 12.7. The molecule has 4 heteroatoms. The van der Waals surface area contributed by atoms with Gasteiger partial charge < -0.3 is 14.4 Å². The lowest BCUT2D eigenvalue weighted by molar-refractivity contribution is -0.177. The number of hydrogen-bond acceptors (Lipinski definition) is 3. The van der Waals surface area contributed by atoms with Gasteiger partial charge in [-0.05, 0) is 27.9 Å². The molecule has 0 aromatic rings. The van der Waals surface area contributed by atoms with Gasteiger partial charge in [0.15, 0.2) is 0 Å². The molecular weight excluding hydrogens is 182 g/mol. The topological polar surface area (TPSA) is 21.7 Å². The summed E-state index contributed by atoms with van der Waals surface area (Å²) in [5, 5.41) is 0. The van der Waals surface area contributed by atoms with Crippen LogP contribution in [-0.2, 0) is 9.47 Å². The van der Waals surface area contributed by atoms with Crippen molar-refractivity contribution in [1.82, 2.24) is 4.90 Å². The molecule has 0 heterocycles. The Bertz CT molecular complexity index is 125. The van der Waals surface area contributed by atoms with Crippen LogP contribution in [0.1, 0.15) is 20.3 Å². The second-order valence-electron chi connectivity index (χ2n) is 3.55. The van der Waals surface area contributed by atoms with Gasteiger partial charge in [0.2, 0.25) is 0 Å². The molecule has 0 bridgehead atoms. The summed E-state index contributed by atoms with van der Waals surface area (Å²) < 4.78 is 11.3. The lowest BCUT2D eigenvalue weighted by Gasteiger charge is -2.30. The molecule has 0 N–H and O–H groups in total. The fourth-order valence-corrected chi connectivity index (χ4v) is 2.02. The highest BCUT2D eigenvalue weighted by molar-refractivity contribution is 6.13. The Morgan fingerprint density at radius 3 is 1.92 bits per heavy atom. The summed E-state index contributed by atoms with van der Waals surface area (Å²) in [5.74, 6) is 0. The Hall–Kier alpha value is 0.0969. The van der Waals surface area contributed by atoms with Crippen LogP contribution in [0.2, 0.25) is 0 Å². The predicted molar refractivity (Wildman–Crippen MR) is 59.1 cm³/mol. The van der Waals surface area contributed by atoms with Crippen molar-refractivity contribution in [3.63, 3.8) is 0 Å². The van der Waals surface area contributed by atoms with Gasteiger partial charge in [0, 0.05) is 26.2 Å². The van der Waals surface area contributed by atoms with Crippen molar-refractivity contribution < 1.29 is 9.47 Å². The molecule has 0 spiro atoms. The highest BCUT2D eigenvalue weighted by atomic mass is 28.1. The molecule has 80 valence electrons. The van der Waals surface area contributed by atoms with E-state index in [-0.39, 0.29) is 5.41 Å². The monoisotopic (exact) mass is 205 g/mol. The van der Waals surface area contributed by atoms with Crippen molar-refractivity contribution in [1.29, 1.82) is 0 Å². The first-order chi connectivity index (χ1) is 6.04. The number of hydrogen-bond donors (Lipinski definition) is 0. The minimum absolute atomic E-state index is 0.270. The first kappa shape index (κ1) is 13.1. The fourth-order valence-electron chi connectivity index (χ4n) is 1.22. The molecule has 13 heavy (non-hydrogen) atoms. The first-order valence-electron chi connectivity index (χ1n) is 4.96. The van der Waals surface area contributed by atoms with Crippen LogP contribution in [0.3, 0.4) is 0 Å². The van der Waals surface area contributed by atoms with Crippen LogP contribution in [0, 0.1) is 0 Å². The van der Waals surface area contributed by atoms with E-state index in [9.17, 15) is 0 Å². The molecular formula is C9H23NO2Si. The van der Waals surface area contributed by atoms with E-state index in [0.717, 1.165) is 36.4 Å². The van der Waals surface area contributed by atoms with Crippen molar-refractivity contribution in [2.45, 2.75) is 25.7 Å². The fraction of sp³-hybridized carbons (Fsp3) is 1.00. The Morgan fingerprint density at radius 2 is 1.62 bits per heavy atom. The molecule has 0 aromatic carbocycles. The molecule has 0 aliphatic heterocycles. The molecule has 0 unspecified atom stereocenters. The highest BCUT2D eigenvalue weighted by Crippen LogP contribution is 2.13. The average molecular weight is 205 g/mol. The molecule has 0 amide bonds. The molecule has 3 nitrogen and oxygen atoms in total. The molecule has 0 fully saturated rings. The predicted octanol–water partition coefficient (Wildman–Crippen LogP) is 0.0303. The van der Waals surface area contributed by atoms with E-state index in [0.29, 0.717) is 0 Å². The van der Waals surface area contributed by atoms with E-state index >= 15 is 0 Å². The Balaban J connectivity index is 3.91. The molecule has 0 radical (unpaired) electrons. The first-order valence-corrected chi connectivity index (χ1v) is 5.96. The zero-order valence-electron chi connectivity index (χ0n) is 9.59. The highest BCUT2D eigenvalue weighted by Gasteiger charge is 2.23. The SMILES string of the molecule is CCOC([SiH3])(CCN(C)C)OCC. The summed E-state index contributed by atoms with van der Waals surface area (Å²) in [6, 6.07) is 0. The lowest BCUT2D eigenvalue weighted by Crippen LogP contribution is -2.39. The molecule has 0 rings (SSSR count). The zero-order chi connectivity index (χ0) is 10.3. The smallest absolute Gasteiger partial charge is 0.142 e. The van der Waals surface area contributed by atoms with Gasteiger partial charge >= 0.3 is 0 Å². The number of rotatable bonds is 7. The van der Waals surface area contributed by atoms with Crippen molar-refractivity contribution in [2.75, 3.05) is 33.9 Å². The largest absolute Gasteiger partial charge is 0.355 e. The summed E-state index contributed by atoms with van der Waals surface area (Å²) in [6.45, 7) is 6.51. The van der Waals surface area contributed by atoms with E-state index in [1.165, 1.54) is 0 Å². The average Bonchev–Trinajstić information content (AvgIpc) is 2.02. The van der Waals surface area contributed by atoms with Crippen molar-refractivity contribution in [3.05, 3.63) is 0 Å². The maximum absolute atomic E-state index is 5.63. The summed E-state index contributed by atoms with van der Waals surface area (Å²) in [5.41, 5.74) is -0.270. The van der Waals surface area contributed by atoms with Gasteiger partial charge in [-0.1, -0.05) is 0 Å². The number of ether oxygens (including phenoxy) is 2. The van der Waals surface area contributed by atoms with E-state index in [1.54, 1.807) is 0 Å². The Morgan fingerprint density at radius 1 is 1.15 bits per heavy atom. The van der Waals surface area contributed by atoms with Crippen molar-refractivity contribution in [3.8, 4) is 0 Å². The second kappa shape index (κ2) is 6.54. The third-order valence-corrected chi connectivity index (χ3v) is 2.99. The van der Waals surface area contributed by atoms with Gasteiger partial charge in [-0.2, -0.15) is 0 Å². The molecule has 0 atom stereocenters. The third-order valence-electron chi connectivity index (χ3n) is 1.91. The van der Waals surface area contributed by atoms with Crippen LogP contribution < -0.4 is 0 Å². The van der Waals surface area contributed by atoms with E-state index in [1.807, 2.05) is 13.8 Å². The second-order valence-corrected chi connectivity index (χ2v) is 5.08. The Labute approximate surface area is 84.8 Å². The van der Waals surface area contributed by atoms with E-state index in [2.05, 4.69) is 19.0 Å². The van der Waals surface area contributed by atoms with Crippen LogP contribution >= 0.6 is 0 Å². The molecule has 0 saturated heterocycles. The van der Waals surface area contributed by atoms with Crippen LogP contribution in [0.15, 0.2) is 0 Å². The van der Waals surface area contributed by atoms with Gasteiger partial charge in [0.05, 0.1) is 10.2 Å². The van der Waals surface area contributed by atoms with Gasteiger partial charge in [-0.15, -0.1) is 0 Å². The van der Waals surface area contributed by atoms with Gasteiger partial charge in [0.25, 0.3) is 0 Å². The summed E-state index contributed by atoms with van der Waals surface area (Å²) in [6.07, 6.45) is 0.966.